The summed E-state index contributed by atoms with van der Waals surface area (Å²) in [7, 11) is 0. The van der Waals surface area contributed by atoms with Crippen LogP contribution in [0.15, 0.2) is 24.4 Å². The summed E-state index contributed by atoms with van der Waals surface area (Å²) in [6.45, 7) is 1.76. The number of anilines is 1. The highest BCUT2D eigenvalue weighted by molar-refractivity contribution is 6.02. The van der Waals surface area contributed by atoms with Crippen molar-refractivity contribution in [2.45, 2.75) is 6.04 Å². The molecule has 94 valence electrons. The molecule has 1 aliphatic rings. The van der Waals surface area contributed by atoms with Crippen molar-refractivity contribution in [2.75, 3.05) is 25.1 Å². The highest BCUT2D eigenvalue weighted by atomic mass is 16.5. The largest absolute Gasteiger partial charge is 0.378 e. The number of carbonyl (C=O) groups excluding carboxylic acids is 1. The van der Waals surface area contributed by atoms with Gasteiger partial charge in [-0.05, 0) is 6.07 Å². The van der Waals surface area contributed by atoms with Gasteiger partial charge in [-0.25, -0.2) is 0 Å². The van der Waals surface area contributed by atoms with Gasteiger partial charge in [-0.1, -0.05) is 12.1 Å². The van der Waals surface area contributed by atoms with Gasteiger partial charge in [0.15, 0.2) is 0 Å². The number of morpholine rings is 1. The zero-order valence-corrected chi connectivity index (χ0v) is 9.77. The Morgan fingerprint density at radius 2 is 2.44 bits per heavy atom. The SMILES string of the molecule is O=C(Nc1cccc2cn[nH]c12)C1COCCN1. The predicted octanol–water partition coefficient (Wildman–Crippen LogP) is 0.490. The first kappa shape index (κ1) is 11.2. The lowest BCUT2D eigenvalue weighted by molar-refractivity contribution is -0.120. The normalized spacial score (nSPS) is 19.9. The topological polar surface area (TPSA) is 79.0 Å². The first-order valence-corrected chi connectivity index (χ1v) is 5.89. The third-order valence-corrected chi connectivity index (χ3v) is 2.97. The molecule has 1 unspecified atom stereocenters. The summed E-state index contributed by atoms with van der Waals surface area (Å²) in [6, 6.07) is 5.38. The maximum Gasteiger partial charge on any atom is 0.243 e. The van der Waals surface area contributed by atoms with E-state index in [0.29, 0.717) is 19.8 Å². The summed E-state index contributed by atoms with van der Waals surface area (Å²) < 4.78 is 5.27. The van der Waals surface area contributed by atoms with E-state index in [0.717, 1.165) is 16.6 Å². The van der Waals surface area contributed by atoms with Gasteiger partial charge < -0.3 is 15.4 Å². The lowest BCUT2D eigenvalue weighted by atomic mass is 10.2. The number of benzene rings is 1. The van der Waals surface area contributed by atoms with Crippen molar-refractivity contribution in [3.63, 3.8) is 0 Å². The number of nitrogens with one attached hydrogen (secondary N) is 3. The Hall–Kier alpha value is -1.92. The van der Waals surface area contributed by atoms with Crippen LogP contribution in [-0.2, 0) is 9.53 Å². The van der Waals surface area contributed by atoms with Crippen LogP contribution < -0.4 is 10.6 Å². The van der Waals surface area contributed by atoms with Gasteiger partial charge >= 0.3 is 0 Å². The van der Waals surface area contributed by atoms with E-state index in [2.05, 4.69) is 20.8 Å². The minimum Gasteiger partial charge on any atom is -0.378 e. The molecule has 0 radical (unpaired) electrons. The molecule has 3 N–H and O–H groups in total. The number of hydrogen-bond acceptors (Lipinski definition) is 4. The molecule has 2 heterocycles. The summed E-state index contributed by atoms with van der Waals surface area (Å²) in [4.78, 5) is 12.0. The van der Waals surface area contributed by atoms with Crippen molar-refractivity contribution >= 4 is 22.5 Å². The molecular formula is C12H14N4O2. The molecule has 1 saturated heterocycles. The van der Waals surface area contributed by atoms with Crippen molar-refractivity contribution in [3.8, 4) is 0 Å². The Morgan fingerprint density at radius 1 is 1.50 bits per heavy atom. The summed E-state index contributed by atoms with van der Waals surface area (Å²) in [6.07, 6.45) is 1.73. The smallest absolute Gasteiger partial charge is 0.243 e. The number of amides is 1. The fourth-order valence-electron chi connectivity index (χ4n) is 2.03. The fourth-order valence-corrected chi connectivity index (χ4v) is 2.03. The fraction of sp³-hybridized carbons (Fsp3) is 0.333. The lowest BCUT2D eigenvalue weighted by Gasteiger charge is -2.22. The van der Waals surface area contributed by atoms with E-state index in [9.17, 15) is 4.79 Å². The van der Waals surface area contributed by atoms with Crippen LogP contribution in [0.2, 0.25) is 0 Å². The molecular weight excluding hydrogens is 232 g/mol. The van der Waals surface area contributed by atoms with Gasteiger partial charge in [0, 0.05) is 11.9 Å². The number of aromatic nitrogens is 2. The number of para-hydroxylation sites is 1. The van der Waals surface area contributed by atoms with Crippen molar-refractivity contribution in [3.05, 3.63) is 24.4 Å². The number of fused-ring (bicyclic) bond motifs is 1. The second-order valence-corrected chi connectivity index (χ2v) is 4.21. The number of H-pyrrole nitrogens is 1. The second kappa shape index (κ2) is 4.75. The monoisotopic (exact) mass is 246 g/mol. The number of aromatic amines is 1. The third kappa shape index (κ3) is 2.07. The number of carbonyl (C=O) groups is 1. The quantitative estimate of drug-likeness (QED) is 0.720. The first-order valence-electron chi connectivity index (χ1n) is 5.89. The standard InChI is InChI=1S/C12H14N4O2/c17-12(10-7-18-5-4-13-10)15-9-3-1-2-8-6-14-16-11(8)9/h1-3,6,10,13H,4-5,7H2,(H,14,16)(H,15,17). The Morgan fingerprint density at radius 3 is 3.28 bits per heavy atom. The number of nitrogens with zero attached hydrogens (tertiary/aromatic N) is 1. The maximum absolute atomic E-state index is 12.0. The van der Waals surface area contributed by atoms with Crippen LogP contribution in [0.3, 0.4) is 0 Å². The summed E-state index contributed by atoms with van der Waals surface area (Å²) in [5.74, 6) is -0.0863. The van der Waals surface area contributed by atoms with Crippen molar-refractivity contribution in [1.82, 2.24) is 15.5 Å². The van der Waals surface area contributed by atoms with Crippen molar-refractivity contribution < 1.29 is 9.53 Å². The molecule has 3 rings (SSSR count). The van der Waals surface area contributed by atoms with Crippen molar-refractivity contribution in [1.29, 1.82) is 0 Å². The average Bonchev–Trinajstić information content (AvgIpc) is 2.89. The average molecular weight is 246 g/mol. The van der Waals surface area contributed by atoms with Crippen LogP contribution in [-0.4, -0.2) is 41.9 Å². The molecule has 0 aliphatic carbocycles. The van der Waals surface area contributed by atoms with E-state index in [1.54, 1.807) is 6.20 Å². The van der Waals surface area contributed by atoms with Gasteiger partial charge in [0.1, 0.15) is 6.04 Å². The lowest BCUT2D eigenvalue weighted by Crippen LogP contribution is -2.48. The molecule has 1 amide bonds. The Kier molecular flexibility index (Phi) is 2.95. The van der Waals surface area contributed by atoms with Crippen LogP contribution >= 0.6 is 0 Å². The number of hydrogen-bond donors (Lipinski definition) is 3. The molecule has 0 bridgehead atoms. The molecule has 6 heteroatoms. The maximum atomic E-state index is 12.0. The highest BCUT2D eigenvalue weighted by Crippen LogP contribution is 2.20. The van der Waals surface area contributed by atoms with E-state index < -0.39 is 0 Å². The third-order valence-electron chi connectivity index (χ3n) is 2.97. The zero-order valence-electron chi connectivity index (χ0n) is 9.77. The molecule has 18 heavy (non-hydrogen) atoms. The molecule has 6 nitrogen and oxygen atoms in total. The summed E-state index contributed by atoms with van der Waals surface area (Å²) >= 11 is 0. The molecule has 2 aromatic rings. The van der Waals surface area contributed by atoms with Gasteiger partial charge in [0.05, 0.1) is 30.6 Å². The minimum absolute atomic E-state index is 0.0863. The zero-order chi connectivity index (χ0) is 12.4. The van der Waals surface area contributed by atoms with Crippen LogP contribution in [0.4, 0.5) is 5.69 Å². The molecule has 1 atom stereocenters. The van der Waals surface area contributed by atoms with Gasteiger partial charge in [-0.2, -0.15) is 5.10 Å². The van der Waals surface area contributed by atoms with Gasteiger partial charge in [-0.15, -0.1) is 0 Å². The van der Waals surface area contributed by atoms with Crippen molar-refractivity contribution in [2.24, 2.45) is 0 Å². The van der Waals surface area contributed by atoms with E-state index in [1.165, 1.54) is 0 Å². The van der Waals surface area contributed by atoms with Crippen LogP contribution in [0.5, 0.6) is 0 Å². The molecule has 1 aliphatic heterocycles. The van der Waals surface area contributed by atoms with Gasteiger partial charge in [-0.3, -0.25) is 9.89 Å². The molecule has 0 saturated carbocycles. The van der Waals surface area contributed by atoms with E-state index in [4.69, 9.17) is 4.74 Å². The minimum atomic E-state index is -0.295. The first-order chi connectivity index (χ1) is 8.84. The summed E-state index contributed by atoms with van der Waals surface area (Å²) in [5, 5.41) is 13.8. The number of rotatable bonds is 2. The molecule has 1 aromatic carbocycles. The van der Waals surface area contributed by atoms with Crippen LogP contribution in [0.25, 0.3) is 10.9 Å². The van der Waals surface area contributed by atoms with Crippen LogP contribution in [0, 0.1) is 0 Å². The Labute approximate surface area is 104 Å². The van der Waals surface area contributed by atoms with Crippen LogP contribution in [0.1, 0.15) is 0 Å². The Bertz CT molecular complexity index is 560. The molecule has 0 spiro atoms. The Balaban J connectivity index is 1.79. The summed E-state index contributed by atoms with van der Waals surface area (Å²) in [5.41, 5.74) is 1.57. The molecule has 1 fully saturated rings. The highest BCUT2D eigenvalue weighted by Gasteiger charge is 2.21. The van der Waals surface area contributed by atoms with E-state index >= 15 is 0 Å². The van der Waals surface area contributed by atoms with Gasteiger partial charge in [0.2, 0.25) is 5.91 Å². The second-order valence-electron chi connectivity index (χ2n) is 4.21. The number of ether oxygens (including phenoxy) is 1. The predicted molar refractivity (Wildman–Crippen MR) is 67.3 cm³/mol. The van der Waals surface area contributed by atoms with E-state index in [-0.39, 0.29) is 11.9 Å². The van der Waals surface area contributed by atoms with E-state index in [1.807, 2.05) is 18.2 Å². The molecule has 1 aromatic heterocycles. The van der Waals surface area contributed by atoms with Gasteiger partial charge in [0.25, 0.3) is 0 Å².